The van der Waals surface area contributed by atoms with Crippen LogP contribution >= 0.6 is 23.4 Å². The second-order valence-corrected chi connectivity index (χ2v) is 9.39. The van der Waals surface area contributed by atoms with Gasteiger partial charge in [-0.1, -0.05) is 42.4 Å². The molecule has 32 heavy (non-hydrogen) atoms. The zero-order chi connectivity index (χ0) is 22.5. The van der Waals surface area contributed by atoms with Gasteiger partial charge >= 0.3 is 0 Å². The number of aryl methyl sites for hydroxylation is 1. The van der Waals surface area contributed by atoms with Gasteiger partial charge in [-0.2, -0.15) is 4.98 Å². The lowest BCUT2D eigenvalue weighted by Gasteiger charge is -2.14. The Morgan fingerprint density at radius 1 is 1.16 bits per heavy atom. The van der Waals surface area contributed by atoms with E-state index < -0.39 is 0 Å². The van der Waals surface area contributed by atoms with Crippen LogP contribution in [0.2, 0.25) is 5.02 Å². The van der Waals surface area contributed by atoms with Gasteiger partial charge in [0.25, 0.3) is 5.56 Å². The van der Waals surface area contributed by atoms with Gasteiger partial charge in [0.2, 0.25) is 11.7 Å². The fraction of sp³-hybridized carbons (Fsp3) is 0.348. The minimum absolute atomic E-state index is 0.0197. The van der Waals surface area contributed by atoms with E-state index >= 15 is 0 Å². The minimum atomic E-state index is -0.0197. The maximum absolute atomic E-state index is 13.1. The molecular weight excluding hydrogens is 446 g/mol. The van der Waals surface area contributed by atoms with Gasteiger partial charge in [-0.3, -0.25) is 14.3 Å². The molecule has 0 saturated carbocycles. The number of benzene rings is 1. The minimum Gasteiger partial charge on any atom is -0.339 e. The highest BCUT2D eigenvalue weighted by Gasteiger charge is 2.13. The standard InChI is InChI=1S/C23H24ClN5O2S/c1-15(2)9-12-29-22(30)18-6-5-17(24)14-19(18)26-23(29)32-13-3-4-20-27-21(28-31-20)16-7-10-25-11-8-16/h5-8,10-11,14-15H,3-4,9,12-13H2,1-2H3. The number of hydrogen-bond acceptors (Lipinski definition) is 7. The summed E-state index contributed by atoms with van der Waals surface area (Å²) in [5, 5.41) is 5.92. The van der Waals surface area contributed by atoms with Gasteiger partial charge in [-0.25, -0.2) is 4.98 Å². The molecule has 0 spiro atoms. The molecular formula is C23H24ClN5O2S. The number of hydrogen-bond donors (Lipinski definition) is 0. The Bertz CT molecular complexity index is 1260. The van der Waals surface area contributed by atoms with Crippen molar-refractivity contribution >= 4 is 34.3 Å². The van der Waals surface area contributed by atoms with E-state index in [1.165, 1.54) is 0 Å². The average molecular weight is 470 g/mol. The number of nitrogens with zero attached hydrogens (tertiary/aromatic N) is 5. The molecule has 0 atom stereocenters. The number of aromatic nitrogens is 5. The van der Waals surface area contributed by atoms with Crippen LogP contribution < -0.4 is 5.56 Å². The molecule has 0 saturated heterocycles. The lowest BCUT2D eigenvalue weighted by atomic mass is 10.1. The quantitative estimate of drug-likeness (QED) is 0.187. The maximum Gasteiger partial charge on any atom is 0.262 e. The Hall–Kier alpha value is -2.71. The summed E-state index contributed by atoms with van der Waals surface area (Å²) in [4.78, 5) is 26.3. The molecule has 4 aromatic rings. The Morgan fingerprint density at radius 3 is 2.75 bits per heavy atom. The first-order valence-electron chi connectivity index (χ1n) is 10.6. The third kappa shape index (κ3) is 5.37. The molecule has 0 aliphatic heterocycles. The zero-order valence-electron chi connectivity index (χ0n) is 18.0. The summed E-state index contributed by atoms with van der Waals surface area (Å²) in [7, 11) is 0. The van der Waals surface area contributed by atoms with Crippen LogP contribution in [0.5, 0.6) is 0 Å². The predicted octanol–water partition coefficient (Wildman–Crippen LogP) is 5.27. The Kier molecular flexibility index (Phi) is 7.22. The van der Waals surface area contributed by atoms with Crippen molar-refractivity contribution in [2.75, 3.05) is 5.75 Å². The number of rotatable bonds is 9. The first kappa shape index (κ1) is 22.5. The number of pyridine rings is 1. The van der Waals surface area contributed by atoms with Gasteiger partial charge in [0.15, 0.2) is 5.16 Å². The molecule has 166 valence electrons. The van der Waals surface area contributed by atoms with E-state index in [2.05, 4.69) is 29.0 Å². The van der Waals surface area contributed by atoms with Gasteiger partial charge in [-0.15, -0.1) is 0 Å². The van der Waals surface area contributed by atoms with Crippen molar-refractivity contribution in [2.45, 2.75) is 44.8 Å². The van der Waals surface area contributed by atoms with E-state index in [1.807, 2.05) is 12.1 Å². The summed E-state index contributed by atoms with van der Waals surface area (Å²) in [5.74, 6) is 2.42. The molecule has 7 nitrogen and oxygen atoms in total. The molecule has 3 heterocycles. The van der Waals surface area contributed by atoms with Crippen molar-refractivity contribution in [1.29, 1.82) is 0 Å². The monoisotopic (exact) mass is 469 g/mol. The average Bonchev–Trinajstić information content (AvgIpc) is 3.25. The van der Waals surface area contributed by atoms with Gasteiger partial charge < -0.3 is 4.52 Å². The normalized spacial score (nSPS) is 11.5. The summed E-state index contributed by atoms with van der Waals surface area (Å²) >= 11 is 7.69. The first-order valence-corrected chi connectivity index (χ1v) is 11.9. The van der Waals surface area contributed by atoms with Gasteiger partial charge in [-0.05, 0) is 49.1 Å². The lowest BCUT2D eigenvalue weighted by molar-refractivity contribution is 0.378. The van der Waals surface area contributed by atoms with Crippen LogP contribution in [0, 0.1) is 5.92 Å². The summed E-state index contributed by atoms with van der Waals surface area (Å²) < 4.78 is 7.16. The molecule has 4 rings (SSSR count). The third-order valence-electron chi connectivity index (χ3n) is 4.99. The fourth-order valence-corrected chi connectivity index (χ4v) is 4.36. The highest BCUT2D eigenvalue weighted by atomic mass is 35.5. The number of fused-ring (bicyclic) bond motifs is 1. The topological polar surface area (TPSA) is 86.7 Å². The van der Waals surface area contributed by atoms with Crippen LogP contribution in [0.25, 0.3) is 22.3 Å². The SMILES string of the molecule is CC(C)CCn1c(SCCCc2nc(-c3ccncc3)no2)nc2cc(Cl)ccc2c1=O. The Labute approximate surface area is 195 Å². The Morgan fingerprint density at radius 2 is 1.97 bits per heavy atom. The second kappa shape index (κ2) is 10.3. The molecule has 0 N–H and O–H groups in total. The van der Waals surface area contributed by atoms with Gasteiger partial charge in [0, 0.05) is 41.7 Å². The summed E-state index contributed by atoms with van der Waals surface area (Å²) in [6.07, 6.45) is 5.78. The van der Waals surface area contributed by atoms with Crippen molar-refractivity contribution in [1.82, 2.24) is 24.7 Å². The summed E-state index contributed by atoms with van der Waals surface area (Å²) in [6.45, 7) is 4.94. The van der Waals surface area contributed by atoms with Crippen LogP contribution in [-0.4, -0.2) is 30.4 Å². The van der Waals surface area contributed by atoms with Crippen LogP contribution in [0.15, 0.2) is 57.2 Å². The van der Waals surface area contributed by atoms with Crippen molar-refractivity contribution in [3.8, 4) is 11.4 Å². The molecule has 0 aliphatic carbocycles. The van der Waals surface area contributed by atoms with E-state index in [0.717, 1.165) is 24.2 Å². The van der Waals surface area contributed by atoms with E-state index in [0.29, 0.717) is 51.7 Å². The van der Waals surface area contributed by atoms with Crippen LogP contribution in [0.1, 0.15) is 32.6 Å². The van der Waals surface area contributed by atoms with Gasteiger partial charge in [0.05, 0.1) is 10.9 Å². The maximum atomic E-state index is 13.1. The third-order valence-corrected chi connectivity index (χ3v) is 6.28. The van der Waals surface area contributed by atoms with Gasteiger partial charge in [0.1, 0.15) is 0 Å². The molecule has 3 aromatic heterocycles. The summed E-state index contributed by atoms with van der Waals surface area (Å²) in [5.41, 5.74) is 1.48. The largest absolute Gasteiger partial charge is 0.339 e. The molecule has 0 bridgehead atoms. The second-order valence-electron chi connectivity index (χ2n) is 7.89. The first-order chi connectivity index (χ1) is 15.5. The van der Waals surface area contributed by atoms with Crippen molar-refractivity contribution in [3.63, 3.8) is 0 Å². The molecule has 0 unspecified atom stereocenters. The molecule has 9 heteroatoms. The van der Waals surface area contributed by atoms with Crippen LogP contribution in [-0.2, 0) is 13.0 Å². The van der Waals surface area contributed by atoms with Crippen LogP contribution in [0.3, 0.4) is 0 Å². The zero-order valence-corrected chi connectivity index (χ0v) is 19.6. The molecule has 0 aliphatic rings. The highest BCUT2D eigenvalue weighted by Crippen LogP contribution is 2.22. The van der Waals surface area contributed by atoms with E-state index in [1.54, 1.807) is 46.9 Å². The summed E-state index contributed by atoms with van der Waals surface area (Å²) in [6, 6.07) is 8.92. The smallest absolute Gasteiger partial charge is 0.262 e. The molecule has 0 amide bonds. The number of halogens is 1. The van der Waals surface area contributed by atoms with Crippen LogP contribution in [0.4, 0.5) is 0 Å². The van der Waals surface area contributed by atoms with E-state index in [9.17, 15) is 4.79 Å². The molecule has 0 fully saturated rings. The highest BCUT2D eigenvalue weighted by molar-refractivity contribution is 7.99. The fourth-order valence-electron chi connectivity index (χ4n) is 3.23. The molecule has 0 radical (unpaired) electrons. The molecule has 1 aromatic carbocycles. The van der Waals surface area contributed by atoms with Crippen molar-refractivity contribution in [3.05, 3.63) is 64.0 Å². The van der Waals surface area contributed by atoms with E-state index in [-0.39, 0.29) is 5.56 Å². The van der Waals surface area contributed by atoms with Crippen molar-refractivity contribution < 1.29 is 4.52 Å². The Balaban J connectivity index is 1.45. The van der Waals surface area contributed by atoms with Crippen molar-refractivity contribution in [2.24, 2.45) is 5.92 Å². The predicted molar refractivity (Wildman–Crippen MR) is 127 cm³/mol. The van der Waals surface area contributed by atoms with E-state index in [4.69, 9.17) is 21.1 Å². The lowest BCUT2D eigenvalue weighted by Crippen LogP contribution is -2.24. The number of thioether (sulfide) groups is 1.